The SMILES string of the molecule is O=C(NC1(CCO)CCCC1)c1cnc2ccccc2c1. The summed E-state index contributed by atoms with van der Waals surface area (Å²) in [7, 11) is 0. The molecule has 3 rings (SSSR count). The molecule has 1 aliphatic rings. The molecule has 0 spiro atoms. The van der Waals surface area contributed by atoms with Crippen molar-refractivity contribution in [1.29, 1.82) is 0 Å². The van der Waals surface area contributed by atoms with Crippen LogP contribution in [0, 0.1) is 0 Å². The Balaban J connectivity index is 1.82. The molecule has 0 aliphatic heterocycles. The van der Waals surface area contributed by atoms with Crippen LogP contribution in [0.1, 0.15) is 42.5 Å². The molecule has 21 heavy (non-hydrogen) atoms. The summed E-state index contributed by atoms with van der Waals surface area (Å²) in [6, 6.07) is 9.64. The maximum Gasteiger partial charge on any atom is 0.253 e. The number of amides is 1. The van der Waals surface area contributed by atoms with E-state index in [1.807, 2.05) is 30.3 Å². The molecule has 0 bridgehead atoms. The Kier molecular flexibility index (Phi) is 3.88. The van der Waals surface area contributed by atoms with Crippen molar-refractivity contribution in [2.45, 2.75) is 37.6 Å². The largest absolute Gasteiger partial charge is 0.396 e. The van der Waals surface area contributed by atoms with Crippen LogP contribution in [0.25, 0.3) is 10.9 Å². The van der Waals surface area contributed by atoms with Crippen LogP contribution in [0.5, 0.6) is 0 Å². The topological polar surface area (TPSA) is 62.2 Å². The summed E-state index contributed by atoms with van der Waals surface area (Å²) in [5.41, 5.74) is 1.23. The lowest BCUT2D eigenvalue weighted by molar-refractivity contribution is 0.0880. The van der Waals surface area contributed by atoms with Gasteiger partial charge in [0.25, 0.3) is 5.91 Å². The van der Waals surface area contributed by atoms with Gasteiger partial charge < -0.3 is 10.4 Å². The van der Waals surface area contributed by atoms with E-state index in [2.05, 4.69) is 10.3 Å². The fourth-order valence-corrected chi connectivity index (χ4v) is 3.21. The third kappa shape index (κ3) is 2.90. The molecule has 110 valence electrons. The van der Waals surface area contributed by atoms with Crippen molar-refractivity contribution in [3.63, 3.8) is 0 Å². The molecular weight excluding hydrogens is 264 g/mol. The van der Waals surface area contributed by atoms with Gasteiger partial charge in [-0.3, -0.25) is 9.78 Å². The Bertz CT molecular complexity index is 648. The summed E-state index contributed by atoms with van der Waals surface area (Å²) in [6.45, 7) is 0.107. The number of nitrogens with zero attached hydrogens (tertiary/aromatic N) is 1. The average molecular weight is 284 g/mol. The standard InChI is InChI=1S/C17H20N2O2/c20-10-9-17(7-3-4-8-17)19-16(21)14-11-13-5-1-2-6-15(13)18-12-14/h1-2,5-6,11-12,20H,3-4,7-10H2,(H,19,21). The molecule has 0 radical (unpaired) electrons. The number of rotatable bonds is 4. The number of aromatic nitrogens is 1. The maximum absolute atomic E-state index is 12.5. The molecule has 2 aromatic rings. The van der Waals surface area contributed by atoms with Crippen LogP contribution in [-0.4, -0.2) is 28.1 Å². The first-order valence-corrected chi connectivity index (χ1v) is 7.51. The van der Waals surface area contributed by atoms with Crippen molar-refractivity contribution in [2.24, 2.45) is 0 Å². The molecule has 1 aliphatic carbocycles. The molecule has 0 atom stereocenters. The van der Waals surface area contributed by atoms with E-state index in [1.165, 1.54) is 0 Å². The van der Waals surface area contributed by atoms with Crippen LogP contribution in [0.4, 0.5) is 0 Å². The van der Waals surface area contributed by atoms with Gasteiger partial charge in [-0.15, -0.1) is 0 Å². The monoisotopic (exact) mass is 284 g/mol. The van der Waals surface area contributed by atoms with Crippen molar-refractivity contribution in [2.75, 3.05) is 6.61 Å². The smallest absolute Gasteiger partial charge is 0.253 e. The van der Waals surface area contributed by atoms with Crippen LogP contribution >= 0.6 is 0 Å². The Morgan fingerprint density at radius 1 is 1.29 bits per heavy atom. The van der Waals surface area contributed by atoms with Gasteiger partial charge in [-0.25, -0.2) is 0 Å². The minimum atomic E-state index is -0.239. The number of carbonyl (C=O) groups excluding carboxylic acids is 1. The van der Waals surface area contributed by atoms with Crippen molar-refractivity contribution < 1.29 is 9.90 Å². The van der Waals surface area contributed by atoms with Gasteiger partial charge in [0, 0.05) is 23.7 Å². The second-order valence-corrected chi connectivity index (χ2v) is 5.83. The lowest BCUT2D eigenvalue weighted by Gasteiger charge is -2.29. The van der Waals surface area contributed by atoms with Gasteiger partial charge in [-0.1, -0.05) is 31.0 Å². The summed E-state index contributed by atoms with van der Waals surface area (Å²) in [5.74, 6) is -0.0939. The Labute approximate surface area is 124 Å². The molecule has 4 nitrogen and oxygen atoms in total. The number of para-hydroxylation sites is 1. The van der Waals surface area contributed by atoms with Gasteiger partial charge in [0.2, 0.25) is 0 Å². The predicted octanol–water partition coefficient (Wildman–Crippen LogP) is 2.66. The molecule has 1 amide bonds. The van der Waals surface area contributed by atoms with Crippen molar-refractivity contribution >= 4 is 16.8 Å². The molecule has 4 heteroatoms. The quantitative estimate of drug-likeness (QED) is 0.907. The number of aliphatic hydroxyl groups excluding tert-OH is 1. The third-order valence-electron chi connectivity index (χ3n) is 4.38. The first-order chi connectivity index (χ1) is 10.2. The van der Waals surface area contributed by atoms with Crippen LogP contribution < -0.4 is 5.32 Å². The van der Waals surface area contributed by atoms with E-state index >= 15 is 0 Å². The van der Waals surface area contributed by atoms with Gasteiger partial charge in [0.15, 0.2) is 0 Å². The fourth-order valence-electron chi connectivity index (χ4n) is 3.21. The van der Waals surface area contributed by atoms with Gasteiger partial charge in [0.1, 0.15) is 0 Å². The lowest BCUT2D eigenvalue weighted by Crippen LogP contribution is -2.47. The van der Waals surface area contributed by atoms with E-state index in [9.17, 15) is 9.90 Å². The number of hydrogen-bond donors (Lipinski definition) is 2. The number of aliphatic hydroxyl groups is 1. The summed E-state index contributed by atoms with van der Waals surface area (Å²) in [4.78, 5) is 16.8. The van der Waals surface area contributed by atoms with E-state index in [0.717, 1.165) is 36.6 Å². The first-order valence-electron chi connectivity index (χ1n) is 7.51. The normalized spacial score (nSPS) is 17.0. The number of benzene rings is 1. The molecule has 2 N–H and O–H groups in total. The number of carbonyl (C=O) groups is 1. The Morgan fingerprint density at radius 3 is 2.81 bits per heavy atom. The highest BCUT2D eigenvalue weighted by Crippen LogP contribution is 2.32. The van der Waals surface area contributed by atoms with E-state index < -0.39 is 0 Å². The molecule has 1 fully saturated rings. The number of pyridine rings is 1. The van der Waals surface area contributed by atoms with Crippen LogP contribution in [0.15, 0.2) is 36.5 Å². The highest BCUT2D eigenvalue weighted by atomic mass is 16.3. The van der Waals surface area contributed by atoms with E-state index in [0.29, 0.717) is 12.0 Å². The zero-order valence-electron chi connectivity index (χ0n) is 12.0. The molecule has 0 unspecified atom stereocenters. The highest BCUT2D eigenvalue weighted by molar-refractivity contribution is 5.97. The van der Waals surface area contributed by atoms with Gasteiger partial charge in [-0.05, 0) is 31.4 Å². The Hall–Kier alpha value is -1.94. The molecule has 1 heterocycles. The van der Waals surface area contributed by atoms with Crippen LogP contribution in [-0.2, 0) is 0 Å². The van der Waals surface area contributed by atoms with Crippen LogP contribution in [0.2, 0.25) is 0 Å². The highest BCUT2D eigenvalue weighted by Gasteiger charge is 2.34. The summed E-state index contributed by atoms with van der Waals surface area (Å²) < 4.78 is 0. The maximum atomic E-state index is 12.5. The first kappa shape index (κ1) is 14.0. The van der Waals surface area contributed by atoms with Gasteiger partial charge >= 0.3 is 0 Å². The van der Waals surface area contributed by atoms with E-state index in [1.54, 1.807) is 6.20 Å². The zero-order valence-corrected chi connectivity index (χ0v) is 12.0. The molecule has 0 saturated heterocycles. The molecule has 1 aromatic heterocycles. The lowest BCUT2D eigenvalue weighted by atomic mass is 9.93. The minimum Gasteiger partial charge on any atom is -0.396 e. The Morgan fingerprint density at radius 2 is 2.05 bits per heavy atom. The summed E-state index contributed by atoms with van der Waals surface area (Å²) in [5, 5.41) is 13.4. The number of hydrogen-bond acceptors (Lipinski definition) is 3. The van der Waals surface area contributed by atoms with E-state index in [4.69, 9.17) is 0 Å². The number of nitrogens with one attached hydrogen (secondary N) is 1. The summed E-state index contributed by atoms with van der Waals surface area (Å²) in [6.07, 6.45) is 6.35. The second-order valence-electron chi connectivity index (χ2n) is 5.83. The zero-order chi connectivity index (χ0) is 14.7. The molecule has 1 saturated carbocycles. The van der Waals surface area contributed by atoms with E-state index in [-0.39, 0.29) is 18.1 Å². The third-order valence-corrected chi connectivity index (χ3v) is 4.38. The fraction of sp³-hybridized carbons (Fsp3) is 0.412. The van der Waals surface area contributed by atoms with Gasteiger partial charge in [-0.2, -0.15) is 0 Å². The average Bonchev–Trinajstić information content (AvgIpc) is 2.95. The minimum absolute atomic E-state index is 0.0939. The molecule has 1 aromatic carbocycles. The van der Waals surface area contributed by atoms with Crippen molar-refractivity contribution in [3.8, 4) is 0 Å². The number of fused-ring (bicyclic) bond motifs is 1. The summed E-state index contributed by atoms with van der Waals surface area (Å²) >= 11 is 0. The van der Waals surface area contributed by atoms with Gasteiger partial charge in [0.05, 0.1) is 11.1 Å². The van der Waals surface area contributed by atoms with Crippen molar-refractivity contribution in [3.05, 3.63) is 42.1 Å². The van der Waals surface area contributed by atoms with Crippen molar-refractivity contribution in [1.82, 2.24) is 10.3 Å². The molecular formula is C17H20N2O2. The predicted molar refractivity (Wildman–Crippen MR) is 82.1 cm³/mol. The van der Waals surface area contributed by atoms with Crippen LogP contribution in [0.3, 0.4) is 0 Å². The second kappa shape index (κ2) is 5.82.